The Kier molecular flexibility index (Phi) is 5.43. The lowest BCUT2D eigenvalue weighted by atomic mass is 10.1. The van der Waals surface area contributed by atoms with E-state index in [1.165, 1.54) is 10.4 Å². The predicted molar refractivity (Wildman–Crippen MR) is 73.5 cm³/mol. The highest BCUT2D eigenvalue weighted by molar-refractivity contribution is 7.10. The maximum Gasteiger partial charge on any atom is 0.223 e. The molecule has 3 N–H and O–H groups in total. The summed E-state index contributed by atoms with van der Waals surface area (Å²) in [7, 11) is 0. The average Bonchev–Trinajstić information content (AvgIpc) is 2.84. The lowest BCUT2D eigenvalue weighted by Crippen LogP contribution is -2.29. The van der Waals surface area contributed by atoms with Gasteiger partial charge in [0.05, 0.1) is 6.54 Å². The molecule has 0 bridgehead atoms. The Balaban J connectivity index is 0.00000144. The Hall–Kier alpha value is -0.580. The number of carbonyl (C=O) groups is 1. The molecule has 5 heteroatoms. The van der Waals surface area contributed by atoms with E-state index in [9.17, 15) is 4.79 Å². The second-order valence-corrected chi connectivity index (χ2v) is 5.52. The first-order chi connectivity index (χ1) is 7.66. The first-order valence-electron chi connectivity index (χ1n) is 5.73. The van der Waals surface area contributed by atoms with Crippen molar-refractivity contribution in [3.8, 4) is 0 Å². The lowest BCUT2D eigenvalue weighted by molar-refractivity contribution is -0.124. The van der Waals surface area contributed by atoms with Crippen LogP contribution in [0, 0.1) is 12.8 Å². The van der Waals surface area contributed by atoms with Gasteiger partial charge in [0, 0.05) is 16.8 Å². The van der Waals surface area contributed by atoms with Gasteiger partial charge in [-0.25, -0.2) is 0 Å². The van der Waals surface area contributed by atoms with Crippen LogP contribution in [-0.4, -0.2) is 11.9 Å². The van der Waals surface area contributed by atoms with Crippen molar-refractivity contribution in [2.75, 3.05) is 0 Å². The fourth-order valence-corrected chi connectivity index (χ4v) is 3.00. The summed E-state index contributed by atoms with van der Waals surface area (Å²) >= 11 is 1.70. The molecule has 0 aliphatic heterocycles. The number of rotatable bonds is 3. The predicted octanol–water partition coefficient (Wildman–Crippen LogP) is 2.22. The number of hydrogen-bond acceptors (Lipinski definition) is 3. The summed E-state index contributed by atoms with van der Waals surface area (Å²) in [5, 5.41) is 5.06. The zero-order valence-electron chi connectivity index (χ0n) is 9.94. The summed E-state index contributed by atoms with van der Waals surface area (Å²) < 4.78 is 0. The van der Waals surface area contributed by atoms with Gasteiger partial charge in [-0.2, -0.15) is 0 Å². The highest BCUT2D eigenvalue weighted by Crippen LogP contribution is 2.24. The first-order valence-corrected chi connectivity index (χ1v) is 6.61. The van der Waals surface area contributed by atoms with Crippen LogP contribution in [0.4, 0.5) is 0 Å². The van der Waals surface area contributed by atoms with Crippen LogP contribution in [0.3, 0.4) is 0 Å². The maximum atomic E-state index is 11.8. The second kappa shape index (κ2) is 6.38. The summed E-state index contributed by atoms with van der Waals surface area (Å²) in [6, 6.07) is 2.30. The van der Waals surface area contributed by atoms with Crippen LogP contribution >= 0.6 is 23.7 Å². The van der Waals surface area contributed by atoms with Crippen molar-refractivity contribution in [3.05, 3.63) is 21.9 Å². The molecule has 0 saturated heterocycles. The van der Waals surface area contributed by atoms with E-state index < -0.39 is 0 Å². The Bertz CT molecular complexity index is 380. The number of aryl methyl sites for hydroxylation is 1. The van der Waals surface area contributed by atoms with Crippen LogP contribution < -0.4 is 11.1 Å². The molecule has 1 aliphatic rings. The second-order valence-electron chi connectivity index (χ2n) is 4.51. The van der Waals surface area contributed by atoms with Crippen molar-refractivity contribution in [3.63, 3.8) is 0 Å². The Morgan fingerprint density at radius 3 is 2.88 bits per heavy atom. The number of hydrogen-bond donors (Lipinski definition) is 2. The van der Waals surface area contributed by atoms with Crippen molar-refractivity contribution in [2.24, 2.45) is 11.7 Å². The Morgan fingerprint density at radius 2 is 2.35 bits per heavy atom. The number of halogens is 1. The van der Waals surface area contributed by atoms with E-state index in [1.807, 2.05) is 0 Å². The van der Waals surface area contributed by atoms with Crippen LogP contribution in [0.15, 0.2) is 11.4 Å². The fraction of sp³-hybridized carbons (Fsp3) is 0.583. The molecule has 1 heterocycles. The van der Waals surface area contributed by atoms with Crippen LogP contribution in [-0.2, 0) is 11.3 Å². The van der Waals surface area contributed by atoms with E-state index in [0.29, 0.717) is 6.54 Å². The third-order valence-electron chi connectivity index (χ3n) is 3.24. The van der Waals surface area contributed by atoms with Gasteiger partial charge in [-0.3, -0.25) is 4.79 Å². The average molecular weight is 275 g/mol. The van der Waals surface area contributed by atoms with Crippen LogP contribution in [0.2, 0.25) is 0 Å². The largest absolute Gasteiger partial charge is 0.351 e. The number of carbonyl (C=O) groups excluding carboxylic acids is 1. The Labute approximate surface area is 112 Å². The van der Waals surface area contributed by atoms with Crippen molar-refractivity contribution < 1.29 is 4.79 Å². The molecular weight excluding hydrogens is 256 g/mol. The molecule has 2 atom stereocenters. The minimum atomic E-state index is 0. The van der Waals surface area contributed by atoms with Gasteiger partial charge >= 0.3 is 0 Å². The molecule has 96 valence electrons. The first kappa shape index (κ1) is 14.5. The standard InChI is InChI=1S/C12H18N2OS.ClH/c1-8-4-5-16-11(8)7-14-12(15)9-2-3-10(13)6-9;/h4-5,9-10H,2-3,6-7,13H2,1H3,(H,14,15);1H. The smallest absolute Gasteiger partial charge is 0.223 e. The molecule has 1 fully saturated rings. The molecule has 0 radical (unpaired) electrons. The molecule has 0 spiro atoms. The zero-order valence-corrected chi connectivity index (χ0v) is 11.6. The van der Waals surface area contributed by atoms with E-state index in [1.54, 1.807) is 11.3 Å². The van der Waals surface area contributed by atoms with E-state index in [4.69, 9.17) is 5.73 Å². The third kappa shape index (κ3) is 3.69. The molecule has 2 unspecified atom stereocenters. The van der Waals surface area contributed by atoms with Crippen molar-refractivity contribution >= 4 is 29.7 Å². The quantitative estimate of drug-likeness (QED) is 0.888. The van der Waals surface area contributed by atoms with Crippen LogP contribution in [0.25, 0.3) is 0 Å². The van der Waals surface area contributed by atoms with Crippen LogP contribution in [0.5, 0.6) is 0 Å². The van der Waals surface area contributed by atoms with Gasteiger partial charge in [0.15, 0.2) is 0 Å². The monoisotopic (exact) mass is 274 g/mol. The van der Waals surface area contributed by atoms with Gasteiger partial charge in [0.25, 0.3) is 0 Å². The summed E-state index contributed by atoms with van der Waals surface area (Å²) in [5.41, 5.74) is 7.06. The molecule has 0 aromatic carbocycles. The summed E-state index contributed by atoms with van der Waals surface area (Å²) in [6.45, 7) is 2.73. The molecular formula is C12H19ClN2OS. The van der Waals surface area contributed by atoms with Gasteiger partial charge < -0.3 is 11.1 Å². The van der Waals surface area contributed by atoms with Gasteiger partial charge in [-0.1, -0.05) is 0 Å². The summed E-state index contributed by atoms with van der Waals surface area (Å²) in [5.74, 6) is 0.302. The van der Waals surface area contributed by atoms with E-state index in [2.05, 4.69) is 23.7 Å². The van der Waals surface area contributed by atoms with Crippen LogP contribution in [0.1, 0.15) is 29.7 Å². The van der Waals surface area contributed by atoms with Crippen molar-refractivity contribution in [1.82, 2.24) is 5.32 Å². The molecule has 1 aliphatic carbocycles. The number of thiophene rings is 1. The lowest BCUT2D eigenvalue weighted by Gasteiger charge is -2.10. The molecule has 3 nitrogen and oxygen atoms in total. The minimum Gasteiger partial charge on any atom is -0.351 e. The third-order valence-corrected chi connectivity index (χ3v) is 4.26. The maximum absolute atomic E-state index is 11.8. The SMILES string of the molecule is Cc1ccsc1CNC(=O)C1CCC(N)C1.Cl. The zero-order chi connectivity index (χ0) is 11.5. The van der Waals surface area contributed by atoms with Crippen molar-refractivity contribution in [1.29, 1.82) is 0 Å². The fourth-order valence-electron chi connectivity index (χ4n) is 2.15. The van der Waals surface area contributed by atoms with Gasteiger partial charge in [0.2, 0.25) is 5.91 Å². The molecule has 2 rings (SSSR count). The number of nitrogens with one attached hydrogen (secondary N) is 1. The minimum absolute atomic E-state index is 0. The van der Waals surface area contributed by atoms with Gasteiger partial charge in [-0.15, -0.1) is 23.7 Å². The number of amides is 1. The number of nitrogens with two attached hydrogens (primary N) is 1. The molecule has 1 aromatic heterocycles. The van der Waals surface area contributed by atoms with E-state index in [0.717, 1.165) is 19.3 Å². The Morgan fingerprint density at radius 1 is 1.59 bits per heavy atom. The topological polar surface area (TPSA) is 55.1 Å². The molecule has 1 amide bonds. The van der Waals surface area contributed by atoms with E-state index in [-0.39, 0.29) is 30.3 Å². The van der Waals surface area contributed by atoms with Gasteiger partial charge in [0.1, 0.15) is 0 Å². The normalized spacial score (nSPS) is 23.2. The highest BCUT2D eigenvalue weighted by atomic mass is 35.5. The summed E-state index contributed by atoms with van der Waals surface area (Å²) in [6.07, 6.45) is 2.77. The van der Waals surface area contributed by atoms with Crippen molar-refractivity contribution in [2.45, 2.75) is 38.8 Å². The van der Waals surface area contributed by atoms with Gasteiger partial charge in [-0.05, 0) is 43.2 Å². The summed E-state index contributed by atoms with van der Waals surface area (Å²) in [4.78, 5) is 13.1. The highest BCUT2D eigenvalue weighted by Gasteiger charge is 2.27. The van der Waals surface area contributed by atoms with E-state index >= 15 is 0 Å². The molecule has 1 saturated carbocycles. The molecule has 17 heavy (non-hydrogen) atoms. The molecule has 1 aromatic rings.